The molecule has 0 spiro atoms. The van der Waals surface area contributed by atoms with E-state index in [9.17, 15) is 9.59 Å². The van der Waals surface area contributed by atoms with E-state index < -0.39 is 16.7 Å². The molecule has 0 N–H and O–H groups in total. The van der Waals surface area contributed by atoms with Crippen molar-refractivity contribution in [2.75, 3.05) is 27.4 Å². The van der Waals surface area contributed by atoms with Crippen LogP contribution in [-0.2, 0) is 20.8 Å². The van der Waals surface area contributed by atoms with E-state index in [1.54, 1.807) is 5.38 Å². The van der Waals surface area contributed by atoms with Crippen LogP contribution in [0.25, 0.3) is 0 Å². The fraction of sp³-hybridized carbons (Fsp3) is 0.545. The number of rotatable bonds is 7. The summed E-state index contributed by atoms with van der Waals surface area (Å²) >= 11 is 12.4. The lowest BCUT2D eigenvalue weighted by molar-refractivity contribution is -0.130. The summed E-state index contributed by atoms with van der Waals surface area (Å²) in [4.78, 5) is 27.5. The topological polar surface area (TPSA) is 68.7 Å². The van der Waals surface area contributed by atoms with E-state index in [-0.39, 0.29) is 12.2 Å². The Morgan fingerprint density at radius 3 is 2.70 bits per heavy atom. The van der Waals surface area contributed by atoms with E-state index in [4.69, 9.17) is 27.9 Å². The zero-order chi connectivity index (χ0) is 15.1. The summed E-state index contributed by atoms with van der Waals surface area (Å²) in [5, 5.41) is 2.16. The van der Waals surface area contributed by atoms with Crippen LogP contribution in [0.15, 0.2) is 5.38 Å². The third-order valence-corrected chi connectivity index (χ3v) is 3.54. The molecule has 0 fully saturated rings. The predicted octanol–water partition coefficient (Wildman–Crippen LogP) is 1.71. The van der Waals surface area contributed by atoms with Crippen LogP contribution in [0.3, 0.4) is 0 Å². The molecule has 112 valence electrons. The van der Waals surface area contributed by atoms with Crippen molar-refractivity contribution in [1.29, 1.82) is 0 Å². The van der Waals surface area contributed by atoms with E-state index in [1.165, 1.54) is 30.5 Å². The minimum atomic E-state index is -1.15. The van der Waals surface area contributed by atoms with Crippen LogP contribution in [0.1, 0.15) is 15.5 Å². The van der Waals surface area contributed by atoms with Crippen LogP contribution in [-0.4, -0.2) is 54.0 Å². The molecule has 1 aromatic heterocycles. The molecule has 0 radical (unpaired) electrons. The van der Waals surface area contributed by atoms with Crippen molar-refractivity contribution in [1.82, 2.24) is 9.88 Å². The van der Waals surface area contributed by atoms with Gasteiger partial charge in [0.1, 0.15) is 5.01 Å². The van der Waals surface area contributed by atoms with Crippen LogP contribution in [0.2, 0.25) is 0 Å². The van der Waals surface area contributed by atoms with E-state index in [1.807, 2.05) is 0 Å². The fourth-order valence-electron chi connectivity index (χ4n) is 1.35. The summed E-state index contributed by atoms with van der Waals surface area (Å²) in [6.45, 7) is 0.889. The molecule has 1 amide bonds. The van der Waals surface area contributed by atoms with Gasteiger partial charge in [-0.25, -0.2) is 9.78 Å². The Morgan fingerprint density at radius 2 is 2.15 bits per heavy atom. The van der Waals surface area contributed by atoms with Crippen molar-refractivity contribution in [3.63, 3.8) is 0 Å². The molecule has 1 heterocycles. The SMILES string of the molecule is COCCN(Cc1nc(C(=O)OC)cs1)C(=O)C(Cl)Cl. The van der Waals surface area contributed by atoms with E-state index in [0.29, 0.717) is 18.2 Å². The minimum absolute atomic E-state index is 0.208. The van der Waals surface area contributed by atoms with Crippen LogP contribution in [0, 0.1) is 0 Å². The average Bonchev–Trinajstić information content (AvgIpc) is 2.90. The quantitative estimate of drug-likeness (QED) is 0.558. The third kappa shape index (κ3) is 4.90. The number of hydrogen-bond acceptors (Lipinski definition) is 6. The Bertz CT molecular complexity index is 467. The molecule has 6 nitrogen and oxygen atoms in total. The second-order valence-corrected chi connectivity index (χ2v) is 5.71. The number of aromatic nitrogens is 1. The second kappa shape index (κ2) is 8.41. The molecule has 9 heteroatoms. The molecule has 0 unspecified atom stereocenters. The lowest BCUT2D eigenvalue weighted by Crippen LogP contribution is -2.36. The highest BCUT2D eigenvalue weighted by atomic mass is 35.5. The number of halogens is 2. The highest BCUT2D eigenvalue weighted by Crippen LogP contribution is 2.15. The maximum atomic E-state index is 11.8. The molecule has 0 saturated carbocycles. The molecule has 0 aromatic carbocycles. The van der Waals surface area contributed by atoms with Crippen LogP contribution in [0.4, 0.5) is 0 Å². The summed E-state index contributed by atoms with van der Waals surface area (Å²) in [7, 11) is 2.81. The first-order chi connectivity index (χ1) is 9.49. The zero-order valence-corrected chi connectivity index (χ0v) is 13.3. The van der Waals surface area contributed by atoms with Crippen molar-refractivity contribution in [2.45, 2.75) is 11.4 Å². The summed E-state index contributed by atoms with van der Waals surface area (Å²) in [5.41, 5.74) is 0.208. The van der Waals surface area contributed by atoms with Gasteiger partial charge in [0.15, 0.2) is 10.5 Å². The van der Waals surface area contributed by atoms with E-state index in [0.717, 1.165) is 0 Å². The molecular weight excluding hydrogens is 327 g/mol. The fourth-order valence-corrected chi connectivity index (χ4v) is 2.41. The first-order valence-electron chi connectivity index (χ1n) is 5.58. The number of methoxy groups -OCH3 is 2. The van der Waals surface area contributed by atoms with Gasteiger partial charge in [-0.3, -0.25) is 4.79 Å². The Morgan fingerprint density at radius 1 is 1.45 bits per heavy atom. The third-order valence-electron chi connectivity index (χ3n) is 2.34. The van der Waals surface area contributed by atoms with Gasteiger partial charge in [0.2, 0.25) is 0 Å². The first kappa shape index (κ1) is 17.2. The van der Waals surface area contributed by atoms with Gasteiger partial charge in [0, 0.05) is 19.0 Å². The standard InChI is InChI=1S/C11H14Cl2N2O4S/c1-18-4-3-15(10(16)9(12)13)5-8-14-7(6-20-8)11(17)19-2/h6,9H,3-5H2,1-2H3. The average molecular weight is 341 g/mol. The zero-order valence-electron chi connectivity index (χ0n) is 11.0. The lowest BCUT2D eigenvalue weighted by atomic mass is 10.4. The van der Waals surface area contributed by atoms with Crippen molar-refractivity contribution in [3.8, 4) is 0 Å². The Kier molecular flexibility index (Phi) is 7.22. The normalized spacial score (nSPS) is 10.7. The number of ether oxygens (including phenoxy) is 2. The van der Waals surface area contributed by atoms with Gasteiger partial charge in [-0.05, 0) is 0 Å². The highest BCUT2D eigenvalue weighted by Gasteiger charge is 2.22. The number of nitrogens with zero attached hydrogens (tertiary/aromatic N) is 2. The molecule has 0 aliphatic heterocycles. The van der Waals surface area contributed by atoms with Crippen LogP contribution >= 0.6 is 34.5 Å². The number of alkyl halides is 2. The minimum Gasteiger partial charge on any atom is -0.464 e. The predicted molar refractivity (Wildman–Crippen MR) is 76.2 cm³/mol. The number of carbonyl (C=O) groups is 2. The van der Waals surface area contributed by atoms with Crippen LogP contribution in [0.5, 0.6) is 0 Å². The number of esters is 1. The largest absolute Gasteiger partial charge is 0.464 e. The summed E-state index contributed by atoms with van der Waals surface area (Å²) in [5.74, 6) is -0.949. The molecule has 0 aliphatic rings. The molecule has 0 bridgehead atoms. The Hall–Kier alpha value is -0.890. The smallest absolute Gasteiger partial charge is 0.357 e. The van der Waals surface area contributed by atoms with E-state index in [2.05, 4.69) is 9.72 Å². The summed E-state index contributed by atoms with van der Waals surface area (Å²) in [6, 6.07) is 0. The van der Waals surface area contributed by atoms with Gasteiger partial charge in [-0.1, -0.05) is 23.2 Å². The second-order valence-electron chi connectivity index (χ2n) is 3.67. The van der Waals surface area contributed by atoms with Gasteiger partial charge in [0.25, 0.3) is 5.91 Å². The van der Waals surface area contributed by atoms with Gasteiger partial charge in [-0.15, -0.1) is 11.3 Å². The Balaban J connectivity index is 2.76. The maximum absolute atomic E-state index is 11.8. The molecule has 1 rings (SSSR count). The lowest BCUT2D eigenvalue weighted by Gasteiger charge is -2.21. The Labute approximate surface area is 130 Å². The molecule has 0 atom stereocenters. The van der Waals surface area contributed by atoms with E-state index >= 15 is 0 Å². The van der Waals surface area contributed by atoms with Crippen LogP contribution < -0.4 is 0 Å². The highest BCUT2D eigenvalue weighted by molar-refractivity contribution is 7.09. The number of hydrogen-bond donors (Lipinski definition) is 0. The molecule has 0 aliphatic carbocycles. The first-order valence-corrected chi connectivity index (χ1v) is 7.33. The number of carbonyl (C=O) groups excluding carboxylic acids is 2. The summed E-state index contributed by atoms with van der Waals surface area (Å²) in [6.07, 6.45) is 0. The van der Waals surface area contributed by atoms with Gasteiger partial charge >= 0.3 is 5.97 Å². The maximum Gasteiger partial charge on any atom is 0.357 e. The van der Waals surface area contributed by atoms with Crippen molar-refractivity contribution in [2.24, 2.45) is 0 Å². The molecule has 0 saturated heterocycles. The van der Waals surface area contributed by atoms with Crippen molar-refractivity contribution < 1.29 is 19.1 Å². The molecule has 1 aromatic rings. The van der Waals surface area contributed by atoms with Crippen molar-refractivity contribution in [3.05, 3.63) is 16.1 Å². The van der Waals surface area contributed by atoms with Crippen molar-refractivity contribution >= 4 is 46.4 Å². The molecule has 20 heavy (non-hydrogen) atoms. The molecular formula is C11H14Cl2N2O4S. The summed E-state index contributed by atoms with van der Waals surface area (Å²) < 4.78 is 9.50. The van der Waals surface area contributed by atoms with Gasteiger partial charge in [-0.2, -0.15) is 0 Å². The number of amides is 1. The van der Waals surface area contributed by atoms with Gasteiger partial charge in [0.05, 0.1) is 20.3 Å². The van der Waals surface area contributed by atoms with Gasteiger partial charge < -0.3 is 14.4 Å². The number of thiazole rings is 1. The monoisotopic (exact) mass is 340 g/mol.